The van der Waals surface area contributed by atoms with E-state index < -0.39 is 5.97 Å². The number of benzene rings is 2. The van der Waals surface area contributed by atoms with Crippen LogP contribution in [0.3, 0.4) is 0 Å². The third kappa shape index (κ3) is 3.54. The first-order valence-corrected chi connectivity index (χ1v) is 8.00. The van der Waals surface area contributed by atoms with Crippen LogP contribution in [-0.2, 0) is 6.54 Å². The number of hydrogen-bond acceptors (Lipinski definition) is 3. The molecule has 0 spiro atoms. The number of para-hydroxylation sites is 1. The second-order valence-corrected chi connectivity index (χ2v) is 6.07. The number of carboxylic acids is 1. The van der Waals surface area contributed by atoms with Crippen molar-refractivity contribution in [3.8, 4) is 0 Å². The summed E-state index contributed by atoms with van der Waals surface area (Å²) < 4.78 is 0. The Balaban J connectivity index is 1.70. The van der Waals surface area contributed by atoms with E-state index in [9.17, 15) is 9.90 Å². The van der Waals surface area contributed by atoms with Crippen molar-refractivity contribution < 1.29 is 9.90 Å². The monoisotopic (exact) mass is 310 g/mol. The third-order valence-electron chi connectivity index (χ3n) is 4.47. The molecule has 120 valence electrons. The molecule has 0 aliphatic carbocycles. The normalized spacial score (nSPS) is 18.8. The van der Waals surface area contributed by atoms with Crippen LogP contribution in [0.15, 0.2) is 54.6 Å². The minimum absolute atomic E-state index is 0.380. The Morgan fingerprint density at radius 1 is 1.09 bits per heavy atom. The van der Waals surface area contributed by atoms with Crippen LogP contribution < -0.4 is 4.90 Å². The Morgan fingerprint density at radius 2 is 1.78 bits per heavy atom. The first-order valence-electron chi connectivity index (χ1n) is 8.00. The van der Waals surface area contributed by atoms with Gasteiger partial charge in [-0.05, 0) is 24.6 Å². The summed E-state index contributed by atoms with van der Waals surface area (Å²) >= 11 is 0. The van der Waals surface area contributed by atoms with Crippen LogP contribution in [0.2, 0.25) is 0 Å². The van der Waals surface area contributed by atoms with E-state index in [0.717, 1.165) is 31.9 Å². The molecule has 23 heavy (non-hydrogen) atoms. The lowest BCUT2D eigenvalue weighted by Gasteiger charge is -2.41. The second-order valence-electron chi connectivity index (χ2n) is 6.07. The topological polar surface area (TPSA) is 43.8 Å². The SMILES string of the molecule is CC1CN(c2ccccc2C(=O)O)CCN1Cc1ccccc1. The van der Waals surface area contributed by atoms with Crippen LogP contribution in [0.25, 0.3) is 0 Å². The molecule has 1 fully saturated rings. The van der Waals surface area contributed by atoms with E-state index in [-0.39, 0.29) is 0 Å². The fraction of sp³-hybridized carbons (Fsp3) is 0.316. The van der Waals surface area contributed by atoms with Gasteiger partial charge in [0.15, 0.2) is 0 Å². The number of carboxylic acid groups (broad SMARTS) is 1. The molecule has 4 nitrogen and oxygen atoms in total. The van der Waals surface area contributed by atoms with Gasteiger partial charge in [0, 0.05) is 32.2 Å². The Kier molecular flexibility index (Phi) is 4.63. The van der Waals surface area contributed by atoms with Gasteiger partial charge in [-0.15, -0.1) is 0 Å². The Morgan fingerprint density at radius 3 is 2.48 bits per heavy atom. The maximum atomic E-state index is 11.4. The number of nitrogens with zero attached hydrogens (tertiary/aromatic N) is 2. The lowest BCUT2D eigenvalue weighted by Crippen LogP contribution is -2.51. The third-order valence-corrected chi connectivity index (χ3v) is 4.47. The molecule has 1 unspecified atom stereocenters. The van der Waals surface area contributed by atoms with E-state index in [2.05, 4.69) is 41.0 Å². The number of piperazine rings is 1. The molecule has 4 heteroatoms. The van der Waals surface area contributed by atoms with Gasteiger partial charge in [-0.1, -0.05) is 42.5 Å². The molecule has 0 bridgehead atoms. The first kappa shape index (κ1) is 15.6. The summed E-state index contributed by atoms with van der Waals surface area (Å²) in [5.74, 6) is -0.861. The average Bonchev–Trinajstić information content (AvgIpc) is 2.57. The molecule has 1 aliphatic heterocycles. The lowest BCUT2D eigenvalue weighted by atomic mass is 10.1. The predicted molar refractivity (Wildman–Crippen MR) is 91.9 cm³/mol. The van der Waals surface area contributed by atoms with Gasteiger partial charge >= 0.3 is 5.97 Å². The molecule has 1 heterocycles. The molecule has 1 atom stereocenters. The van der Waals surface area contributed by atoms with Gasteiger partial charge in [-0.25, -0.2) is 4.79 Å². The summed E-state index contributed by atoms with van der Waals surface area (Å²) in [4.78, 5) is 16.1. The van der Waals surface area contributed by atoms with Crippen molar-refractivity contribution in [1.29, 1.82) is 0 Å². The van der Waals surface area contributed by atoms with Gasteiger partial charge < -0.3 is 10.0 Å². The fourth-order valence-electron chi connectivity index (χ4n) is 3.20. The molecular formula is C19H22N2O2. The minimum Gasteiger partial charge on any atom is -0.478 e. The van der Waals surface area contributed by atoms with Crippen molar-refractivity contribution in [3.05, 3.63) is 65.7 Å². The van der Waals surface area contributed by atoms with E-state index in [1.165, 1.54) is 5.56 Å². The van der Waals surface area contributed by atoms with Crippen LogP contribution in [0.1, 0.15) is 22.8 Å². The van der Waals surface area contributed by atoms with E-state index in [4.69, 9.17) is 0 Å². The van der Waals surface area contributed by atoms with Crippen molar-refractivity contribution in [2.45, 2.75) is 19.5 Å². The summed E-state index contributed by atoms with van der Waals surface area (Å²) in [7, 11) is 0. The standard InChI is InChI=1S/C19H22N2O2/c1-15-13-21(18-10-6-5-9-17(18)19(22)23)12-11-20(15)14-16-7-3-2-4-8-16/h2-10,15H,11-14H2,1H3,(H,22,23). The van der Waals surface area contributed by atoms with Crippen molar-refractivity contribution in [2.24, 2.45) is 0 Å². The molecule has 0 saturated carbocycles. The average molecular weight is 310 g/mol. The maximum Gasteiger partial charge on any atom is 0.337 e. The predicted octanol–water partition coefficient (Wildman–Crippen LogP) is 3.10. The zero-order chi connectivity index (χ0) is 16.2. The zero-order valence-electron chi connectivity index (χ0n) is 13.4. The molecule has 1 N–H and O–H groups in total. The van der Waals surface area contributed by atoms with Gasteiger partial charge in [0.05, 0.1) is 11.3 Å². The summed E-state index contributed by atoms with van der Waals surface area (Å²) in [6, 6.07) is 18.1. The highest BCUT2D eigenvalue weighted by Gasteiger charge is 2.26. The van der Waals surface area contributed by atoms with E-state index in [1.54, 1.807) is 12.1 Å². The van der Waals surface area contributed by atoms with E-state index in [1.807, 2.05) is 18.2 Å². The molecule has 0 aromatic heterocycles. The zero-order valence-corrected chi connectivity index (χ0v) is 13.4. The second kappa shape index (κ2) is 6.84. The Bertz CT molecular complexity index is 672. The highest BCUT2D eigenvalue weighted by molar-refractivity contribution is 5.94. The van der Waals surface area contributed by atoms with Gasteiger partial charge in [-0.3, -0.25) is 4.90 Å². The molecule has 0 amide bonds. The molecule has 2 aromatic carbocycles. The van der Waals surface area contributed by atoms with Gasteiger partial charge in [0.2, 0.25) is 0 Å². The van der Waals surface area contributed by atoms with Crippen LogP contribution >= 0.6 is 0 Å². The van der Waals surface area contributed by atoms with E-state index in [0.29, 0.717) is 11.6 Å². The molecule has 2 aromatic rings. The molecule has 3 rings (SSSR count). The van der Waals surface area contributed by atoms with Crippen LogP contribution in [-0.4, -0.2) is 41.7 Å². The quantitative estimate of drug-likeness (QED) is 0.942. The van der Waals surface area contributed by atoms with Crippen LogP contribution in [0.4, 0.5) is 5.69 Å². The molecule has 1 aliphatic rings. The fourth-order valence-corrected chi connectivity index (χ4v) is 3.20. The summed E-state index contributed by atoms with van der Waals surface area (Å²) in [5, 5.41) is 9.37. The number of carbonyl (C=O) groups is 1. The Labute approximate surface area is 137 Å². The van der Waals surface area contributed by atoms with Crippen molar-refractivity contribution in [1.82, 2.24) is 4.90 Å². The maximum absolute atomic E-state index is 11.4. The number of aromatic carboxylic acids is 1. The summed E-state index contributed by atoms with van der Waals surface area (Å²) in [6.07, 6.45) is 0. The first-order chi connectivity index (χ1) is 11.1. The number of rotatable bonds is 4. The largest absolute Gasteiger partial charge is 0.478 e. The van der Waals surface area contributed by atoms with Gasteiger partial charge in [-0.2, -0.15) is 0 Å². The van der Waals surface area contributed by atoms with Crippen molar-refractivity contribution in [3.63, 3.8) is 0 Å². The Hall–Kier alpha value is -2.33. The van der Waals surface area contributed by atoms with E-state index >= 15 is 0 Å². The van der Waals surface area contributed by atoms with Crippen molar-refractivity contribution in [2.75, 3.05) is 24.5 Å². The minimum atomic E-state index is -0.861. The highest BCUT2D eigenvalue weighted by atomic mass is 16.4. The number of anilines is 1. The molecule has 1 saturated heterocycles. The van der Waals surface area contributed by atoms with Gasteiger partial charge in [0.25, 0.3) is 0 Å². The molecule has 0 radical (unpaired) electrons. The number of hydrogen-bond donors (Lipinski definition) is 1. The van der Waals surface area contributed by atoms with Gasteiger partial charge in [0.1, 0.15) is 0 Å². The lowest BCUT2D eigenvalue weighted by molar-refractivity contribution is 0.0697. The molecular weight excluding hydrogens is 288 g/mol. The smallest absolute Gasteiger partial charge is 0.337 e. The highest BCUT2D eigenvalue weighted by Crippen LogP contribution is 2.24. The van der Waals surface area contributed by atoms with Crippen LogP contribution in [0, 0.1) is 0 Å². The van der Waals surface area contributed by atoms with Crippen LogP contribution in [0.5, 0.6) is 0 Å². The summed E-state index contributed by atoms with van der Waals surface area (Å²) in [5.41, 5.74) is 2.53. The summed E-state index contributed by atoms with van der Waals surface area (Å²) in [6.45, 7) is 5.78. The van der Waals surface area contributed by atoms with Crippen molar-refractivity contribution >= 4 is 11.7 Å².